The van der Waals surface area contributed by atoms with Crippen LogP contribution in [0.5, 0.6) is 5.75 Å². The largest absolute Gasteiger partial charge is 0.486 e. The monoisotopic (exact) mass is 406 g/mol. The van der Waals surface area contributed by atoms with E-state index in [-0.39, 0.29) is 17.7 Å². The highest BCUT2D eigenvalue weighted by molar-refractivity contribution is 5.79. The maximum absolute atomic E-state index is 13.9. The van der Waals surface area contributed by atoms with E-state index in [4.69, 9.17) is 9.47 Å². The lowest BCUT2D eigenvalue weighted by Gasteiger charge is -2.20. The number of aromatic nitrogens is 3. The zero-order valence-corrected chi connectivity index (χ0v) is 17.6. The predicted molar refractivity (Wildman–Crippen MR) is 110 cm³/mol. The molecule has 2 rings (SSSR count). The lowest BCUT2D eigenvalue weighted by Crippen LogP contribution is -2.43. The summed E-state index contributed by atoms with van der Waals surface area (Å²) in [5, 5.41) is 14.7. The maximum atomic E-state index is 13.9. The third kappa shape index (κ3) is 7.34. The summed E-state index contributed by atoms with van der Waals surface area (Å²) in [6.45, 7) is 6.15. The fourth-order valence-corrected chi connectivity index (χ4v) is 2.54. The summed E-state index contributed by atoms with van der Waals surface area (Å²) in [5.74, 6) is 2.13. The molecule has 0 radical (unpaired) electrons. The standard InChI is InChI=1S/C20H31FN6O2/c1-5-16(29-18-10-7-6-9-17(18)21)13-23-20(22-11-8-12-28-4)24-14-19-26-25-15(2)27(19)3/h6-7,9-10,16H,5,8,11-14H2,1-4H3,(H2,22,23,24). The van der Waals surface area contributed by atoms with Gasteiger partial charge in [0.05, 0.1) is 6.54 Å². The average Bonchev–Trinajstić information content (AvgIpc) is 3.05. The summed E-state index contributed by atoms with van der Waals surface area (Å²) in [6, 6.07) is 6.42. The number of benzene rings is 1. The molecule has 9 heteroatoms. The van der Waals surface area contributed by atoms with Crippen molar-refractivity contribution in [2.75, 3.05) is 26.8 Å². The van der Waals surface area contributed by atoms with Crippen LogP contribution in [0.3, 0.4) is 0 Å². The summed E-state index contributed by atoms with van der Waals surface area (Å²) in [7, 11) is 3.59. The molecule has 0 aliphatic rings. The Kier molecular flexibility index (Phi) is 9.36. The van der Waals surface area contributed by atoms with Crippen LogP contribution in [-0.4, -0.2) is 53.6 Å². The molecule has 0 saturated heterocycles. The van der Waals surface area contributed by atoms with Crippen molar-refractivity contribution in [3.8, 4) is 5.75 Å². The summed E-state index contributed by atoms with van der Waals surface area (Å²) in [6.07, 6.45) is 1.37. The molecule has 0 aliphatic heterocycles. The maximum Gasteiger partial charge on any atom is 0.191 e. The molecule has 8 nitrogen and oxygen atoms in total. The van der Waals surface area contributed by atoms with Gasteiger partial charge >= 0.3 is 0 Å². The van der Waals surface area contributed by atoms with Crippen LogP contribution in [0.15, 0.2) is 29.3 Å². The lowest BCUT2D eigenvalue weighted by atomic mass is 10.2. The molecule has 29 heavy (non-hydrogen) atoms. The molecular weight excluding hydrogens is 375 g/mol. The number of nitrogens with one attached hydrogen (secondary N) is 2. The number of nitrogens with zero attached hydrogens (tertiary/aromatic N) is 4. The molecule has 0 fully saturated rings. The highest BCUT2D eigenvalue weighted by Gasteiger charge is 2.12. The van der Waals surface area contributed by atoms with E-state index in [1.165, 1.54) is 6.07 Å². The number of rotatable bonds is 11. The second-order valence-corrected chi connectivity index (χ2v) is 6.62. The molecule has 0 spiro atoms. The van der Waals surface area contributed by atoms with Crippen molar-refractivity contribution < 1.29 is 13.9 Å². The summed E-state index contributed by atoms with van der Waals surface area (Å²) in [5.41, 5.74) is 0. The van der Waals surface area contributed by atoms with Crippen molar-refractivity contribution >= 4 is 5.96 Å². The number of hydrogen-bond acceptors (Lipinski definition) is 5. The molecule has 2 N–H and O–H groups in total. The topological polar surface area (TPSA) is 85.6 Å². The molecule has 0 aliphatic carbocycles. The number of aliphatic imine (C=N–C) groups is 1. The average molecular weight is 407 g/mol. The van der Waals surface area contributed by atoms with Gasteiger partial charge in [0.25, 0.3) is 0 Å². The first kappa shape index (κ1) is 22.6. The van der Waals surface area contributed by atoms with E-state index in [9.17, 15) is 4.39 Å². The van der Waals surface area contributed by atoms with Gasteiger partial charge in [0.2, 0.25) is 0 Å². The summed E-state index contributed by atoms with van der Waals surface area (Å²) >= 11 is 0. The second kappa shape index (κ2) is 12.0. The van der Waals surface area contributed by atoms with Crippen molar-refractivity contribution in [3.63, 3.8) is 0 Å². The normalized spacial score (nSPS) is 12.7. The van der Waals surface area contributed by atoms with Crippen LogP contribution in [0.25, 0.3) is 0 Å². The van der Waals surface area contributed by atoms with Crippen molar-refractivity contribution in [2.45, 2.75) is 39.3 Å². The predicted octanol–water partition coefficient (Wildman–Crippen LogP) is 2.19. The van der Waals surface area contributed by atoms with Gasteiger partial charge in [-0.3, -0.25) is 0 Å². The number of hydrogen-bond donors (Lipinski definition) is 2. The molecule has 0 bridgehead atoms. The van der Waals surface area contributed by atoms with Crippen molar-refractivity contribution in [3.05, 3.63) is 41.7 Å². The van der Waals surface area contributed by atoms with Crippen LogP contribution in [-0.2, 0) is 18.3 Å². The SMILES string of the molecule is CCC(CNC(=NCc1nnc(C)n1C)NCCCOC)Oc1ccccc1F. The molecular formula is C20H31FN6O2. The van der Waals surface area contributed by atoms with E-state index in [1.54, 1.807) is 25.3 Å². The number of ether oxygens (including phenoxy) is 2. The van der Waals surface area contributed by atoms with E-state index in [0.29, 0.717) is 32.2 Å². The van der Waals surface area contributed by atoms with E-state index in [2.05, 4.69) is 25.8 Å². The van der Waals surface area contributed by atoms with Gasteiger partial charge in [-0.25, -0.2) is 9.38 Å². The number of aryl methyl sites for hydroxylation is 1. The Hall–Kier alpha value is -2.68. The van der Waals surface area contributed by atoms with Gasteiger partial charge in [-0.15, -0.1) is 10.2 Å². The van der Waals surface area contributed by atoms with Gasteiger partial charge in [0.15, 0.2) is 23.4 Å². The Bertz CT molecular complexity index is 780. The Morgan fingerprint density at radius 3 is 2.72 bits per heavy atom. The van der Waals surface area contributed by atoms with Crippen LogP contribution in [0.1, 0.15) is 31.4 Å². The van der Waals surface area contributed by atoms with Crippen LogP contribution in [0, 0.1) is 12.7 Å². The first-order valence-electron chi connectivity index (χ1n) is 9.82. The molecule has 1 aromatic carbocycles. The minimum Gasteiger partial charge on any atom is -0.486 e. The van der Waals surface area contributed by atoms with Crippen molar-refractivity contribution in [1.82, 2.24) is 25.4 Å². The fourth-order valence-electron chi connectivity index (χ4n) is 2.54. The molecule has 1 atom stereocenters. The number of methoxy groups -OCH3 is 1. The van der Waals surface area contributed by atoms with E-state index < -0.39 is 0 Å². The third-order valence-electron chi connectivity index (χ3n) is 4.46. The second-order valence-electron chi connectivity index (χ2n) is 6.62. The van der Waals surface area contributed by atoms with Gasteiger partial charge in [0.1, 0.15) is 18.5 Å². The van der Waals surface area contributed by atoms with Gasteiger partial charge in [-0.2, -0.15) is 0 Å². The van der Waals surface area contributed by atoms with Gasteiger partial charge in [0, 0.05) is 27.3 Å². The van der Waals surface area contributed by atoms with Crippen molar-refractivity contribution in [2.24, 2.45) is 12.0 Å². The summed E-state index contributed by atoms with van der Waals surface area (Å²) in [4.78, 5) is 4.60. The van der Waals surface area contributed by atoms with Crippen LogP contribution >= 0.6 is 0 Å². The molecule has 1 heterocycles. The van der Waals surface area contributed by atoms with Crippen molar-refractivity contribution in [1.29, 1.82) is 0 Å². The third-order valence-corrected chi connectivity index (χ3v) is 4.46. The van der Waals surface area contributed by atoms with E-state index >= 15 is 0 Å². The minimum absolute atomic E-state index is 0.199. The summed E-state index contributed by atoms with van der Waals surface area (Å²) < 4.78 is 26.7. The van der Waals surface area contributed by atoms with Gasteiger partial charge in [-0.1, -0.05) is 19.1 Å². The highest BCUT2D eigenvalue weighted by atomic mass is 19.1. The Morgan fingerprint density at radius 2 is 2.07 bits per heavy atom. The molecule has 1 unspecified atom stereocenters. The zero-order valence-electron chi connectivity index (χ0n) is 17.6. The van der Waals surface area contributed by atoms with Gasteiger partial charge in [-0.05, 0) is 31.9 Å². The number of para-hydroxylation sites is 1. The van der Waals surface area contributed by atoms with Crippen LogP contribution in [0.4, 0.5) is 4.39 Å². The Labute approximate surface area is 171 Å². The molecule has 2 aromatic rings. The van der Waals surface area contributed by atoms with Crippen LogP contribution < -0.4 is 15.4 Å². The quantitative estimate of drug-likeness (QED) is 0.338. The number of halogens is 1. The lowest BCUT2D eigenvalue weighted by molar-refractivity contribution is 0.190. The first-order chi connectivity index (χ1) is 14.0. The highest BCUT2D eigenvalue weighted by Crippen LogP contribution is 2.17. The first-order valence-corrected chi connectivity index (χ1v) is 9.82. The zero-order chi connectivity index (χ0) is 21.1. The smallest absolute Gasteiger partial charge is 0.191 e. The molecule has 160 valence electrons. The molecule has 0 amide bonds. The minimum atomic E-state index is -0.366. The Balaban J connectivity index is 1.98. The molecule has 1 aromatic heterocycles. The van der Waals surface area contributed by atoms with Gasteiger partial charge < -0.3 is 24.7 Å². The van der Waals surface area contributed by atoms with E-state index in [0.717, 1.165) is 24.5 Å². The van der Waals surface area contributed by atoms with Crippen LogP contribution in [0.2, 0.25) is 0 Å². The van der Waals surface area contributed by atoms with E-state index in [1.807, 2.05) is 25.5 Å². The molecule has 0 saturated carbocycles. The number of guanidine groups is 1. The fraction of sp³-hybridized carbons (Fsp3) is 0.550. The Morgan fingerprint density at radius 1 is 1.28 bits per heavy atom.